The molecular formula is C14H19N2O3-. The van der Waals surface area contributed by atoms with Gasteiger partial charge in [0.1, 0.15) is 0 Å². The highest BCUT2D eigenvalue weighted by molar-refractivity contribution is 5.92. The Morgan fingerprint density at radius 2 is 1.84 bits per heavy atom. The van der Waals surface area contributed by atoms with Crippen molar-refractivity contribution in [2.24, 2.45) is 5.92 Å². The molecule has 0 heterocycles. The molecule has 0 spiro atoms. The largest absolute Gasteiger partial charge is 0.548 e. The van der Waals surface area contributed by atoms with E-state index in [1.807, 2.05) is 26.0 Å². The third kappa shape index (κ3) is 4.28. The van der Waals surface area contributed by atoms with Crippen LogP contribution in [0, 0.1) is 19.8 Å². The minimum Gasteiger partial charge on any atom is -0.548 e. The Morgan fingerprint density at radius 1 is 1.21 bits per heavy atom. The summed E-state index contributed by atoms with van der Waals surface area (Å²) in [5.41, 5.74) is 2.67. The second-order valence-corrected chi connectivity index (χ2v) is 4.96. The maximum Gasteiger partial charge on any atom is 0.319 e. The van der Waals surface area contributed by atoms with Gasteiger partial charge in [-0.1, -0.05) is 31.5 Å². The van der Waals surface area contributed by atoms with Gasteiger partial charge in [0.2, 0.25) is 0 Å². The van der Waals surface area contributed by atoms with Gasteiger partial charge in [-0.3, -0.25) is 0 Å². The first-order valence-corrected chi connectivity index (χ1v) is 6.17. The Balaban J connectivity index is 2.72. The molecule has 1 rings (SSSR count). The van der Waals surface area contributed by atoms with Crippen molar-refractivity contribution in [3.8, 4) is 0 Å². The molecular weight excluding hydrogens is 244 g/mol. The fourth-order valence-electron chi connectivity index (χ4n) is 1.75. The lowest BCUT2D eigenvalue weighted by Gasteiger charge is -2.23. The molecule has 1 aromatic rings. The van der Waals surface area contributed by atoms with Crippen LogP contribution in [0.1, 0.15) is 25.0 Å². The van der Waals surface area contributed by atoms with E-state index < -0.39 is 18.0 Å². The first-order valence-electron chi connectivity index (χ1n) is 6.17. The van der Waals surface area contributed by atoms with Crippen LogP contribution in [0.2, 0.25) is 0 Å². The standard InChI is InChI=1S/C14H20N2O3/c1-8(2)12(13(17)18)16-14(19)15-11-6-5-9(3)7-10(11)4/h5-8,12H,1-4H3,(H,17,18)(H2,15,16,19)/p-1/t12-/m1/s1. The van der Waals surface area contributed by atoms with Crippen LogP contribution in [-0.4, -0.2) is 18.0 Å². The summed E-state index contributed by atoms with van der Waals surface area (Å²) in [6, 6.07) is 4.05. The number of urea groups is 1. The minimum absolute atomic E-state index is 0.241. The molecule has 0 bridgehead atoms. The molecule has 0 aliphatic heterocycles. The Bertz CT molecular complexity index is 484. The van der Waals surface area contributed by atoms with Crippen molar-refractivity contribution in [1.29, 1.82) is 0 Å². The number of carbonyl (C=O) groups excluding carboxylic acids is 2. The van der Waals surface area contributed by atoms with Crippen molar-refractivity contribution in [2.45, 2.75) is 33.7 Å². The molecule has 5 heteroatoms. The Labute approximate surface area is 113 Å². The van der Waals surface area contributed by atoms with E-state index in [-0.39, 0.29) is 5.92 Å². The van der Waals surface area contributed by atoms with E-state index in [4.69, 9.17) is 0 Å². The van der Waals surface area contributed by atoms with Crippen LogP contribution in [-0.2, 0) is 4.79 Å². The number of aryl methyl sites for hydroxylation is 2. The number of nitrogens with one attached hydrogen (secondary N) is 2. The van der Waals surface area contributed by atoms with Gasteiger partial charge in [-0.2, -0.15) is 0 Å². The molecule has 0 aromatic heterocycles. The highest BCUT2D eigenvalue weighted by Gasteiger charge is 2.17. The molecule has 2 amide bonds. The average Bonchev–Trinajstić information content (AvgIpc) is 2.29. The Kier molecular flexibility index (Phi) is 4.92. The molecule has 2 N–H and O–H groups in total. The number of hydrogen-bond donors (Lipinski definition) is 2. The van der Waals surface area contributed by atoms with E-state index in [1.54, 1.807) is 19.9 Å². The molecule has 0 saturated heterocycles. The number of rotatable bonds is 4. The topological polar surface area (TPSA) is 81.3 Å². The molecule has 0 aliphatic carbocycles. The lowest BCUT2D eigenvalue weighted by Crippen LogP contribution is -2.51. The van der Waals surface area contributed by atoms with Crippen LogP contribution in [0.25, 0.3) is 0 Å². The third-order valence-corrected chi connectivity index (χ3v) is 2.84. The van der Waals surface area contributed by atoms with Gasteiger partial charge in [-0.25, -0.2) is 4.79 Å². The molecule has 0 radical (unpaired) electrons. The highest BCUT2D eigenvalue weighted by Crippen LogP contribution is 2.15. The van der Waals surface area contributed by atoms with Gasteiger partial charge in [-0.05, 0) is 31.4 Å². The van der Waals surface area contributed by atoms with Crippen LogP contribution in [0.3, 0.4) is 0 Å². The first-order chi connectivity index (χ1) is 8.81. The zero-order valence-electron chi connectivity index (χ0n) is 11.6. The SMILES string of the molecule is Cc1ccc(NC(=O)N[C@@H](C(=O)[O-])C(C)C)c(C)c1. The highest BCUT2D eigenvalue weighted by atomic mass is 16.4. The predicted octanol–water partition coefficient (Wildman–Crippen LogP) is 1.20. The van der Waals surface area contributed by atoms with Crippen molar-refractivity contribution in [1.82, 2.24) is 5.32 Å². The van der Waals surface area contributed by atoms with Crippen LogP contribution in [0.15, 0.2) is 18.2 Å². The number of hydrogen-bond acceptors (Lipinski definition) is 3. The number of carbonyl (C=O) groups is 2. The molecule has 1 aromatic carbocycles. The molecule has 104 valence electrons. The summed E-state index contributed by atoms with van der Waals surface area (Å²) in [6.07, 6.45) is 0. The van der Waals surface area contributed by atoms with Crippen molar-refractivity contribution in [3.63, 3.8) is 0 Å². The maximum absolute atomic E-state index is 11.8. The first kappa shape index (κ1) is 15.0. The fraction of sp³-hybridized carbons (Fsp3) is 0.429. The van der Waals surface area contributed by atoms with E-state index in [1.165, 1.54) is 0 Å². The maximum atomic E-state index is 11.8. The normalized spacial score (nSPS) is 12.1. The monoisotopic (exact) mass is 263 g/mol. The zero-order chi connectivity index (χ0) is 14.6. The summed E-state index contributed by atoms with van der Waals surface area (Å²) < 4.78 is 0. The van der Waals surface area contributed by atoms with Gasteiger partial charge in [0, 0.05) is 5.69 Å². The number of aliphatic carboxylic acids is 1. The van der Waals surface area contributed by atoms with E-state index in [0.29, 0.717) is 5.69 Å². The van der Waals surface area contributed by atoms with Crippen molar-refractivity contribution in [2.75, 3.05) is 5.32 Å². The number of anilines is 1. The summed E-state index contributed by atoms with van der Waals surface area (Å²) in [7, 11) is 0. The summed E-state index contributed by atoms with van der Waals surface area (Å²) in [5.74, 6) is -1.53. The van der Waals surface area contributed by atoms with Gasteiger partial charge in [0.05, 0.1) is 12.0 Å². The molecule has 0 fully saturated rings. The van der Waals surface area contributed by atoms with Gasteiger partial charge >= 0.3 is 6.03 Å². The smallest absolute Gasteiger partial charge is 0.319 e. The number of benzene rings is 1. The Morgan fingerprint density at radius 3 is 2.32 bits per heavy atom. The van der Waals surface area contributed by atoms with Crippen LogP contribution >= 0.6 is 0 Å². The van der Waals surface area contributed by atoms with E-state index in [0.717, 1.165) is 11.1 Å². The van der Waals surface area contributed by atoms with E-state index in [9.17, 15) is 14.7 Å². The van der Waals surface area contributed by atoms with Crippen molar-refractivity contribution in [3.05, 3.63) is 29.3 Å². The lowest BCUT2D eigenvalue weighted by atomic mass is 10.1. The fourth-order valence-corrected chi connectivity index (χ4v) is 1.75. The van der Waals surface area contributed by atoms with Crippen LogP contribution in [0.4, 0.5) is 10.5 Å². The number of carboxylic acid groups (broad SMARTS) is 1. The molecule has 0 saturated carbocycles. The molecule has 0 unspecified atom stereocenters. The molecule has 1 atom stereocenters. The van der Waals surface area contributed by atoms with Crippen molar-refractivity contribution >= 4 is 17.7 Å². The third-order valence-electron chi connectivity index (χ3n) is 2.84. The van der Waals surface area contributed by atoms with Gasteiger partial charge in [0.15, 0.2) is 0 Å². The van der Waals surface area contributed by atoms with Crippen molar-refractivity contribution < 1.29 is 14.7 Å². The second kappa shape index (κ2) is 6.22. The average molecular weight is 263 g/mol. The summed E-state index contributed by atoms with van der Waals surface area (Å²) in [4.78, 5) is 22.6. The zero-order valence-corrected chi connectivity index (χ0v) is 11.6. The van der Waals surface area contributed by atoms with Crippen LogP contribution in [0.5, 0.6) is 0 Å². The van der Waals surface area contributed by atoms with Gasteiger partial charge in [-0.15, -0.1) is 0 Å². The minimum atomic E-state index is -1.29. The Hall–Kier alpha value is -2.04. The number of carboxylic acids is 1. The van der Waals surface area contributed by atoms with Gasteiger partial charge < -0.3 is 20.5 Å². The van der Waals surface area contributed by atoms with E-state index >= 15 is 0 Å². The van der Waals surface area contributed by atoms with E-state index in [2.05, 4.69) is 10.6 Å². The predicted molar refractivity (Wildman–Crippen MR) is 71.7 cm³/mol. The summed E-state index contributed by atoms with van der Waals surface area (Å²) in [5, 5.41) is 15.9. The quantitative estimate of drug-likeness (QED) is 0.856. The van der Waals surface area contributed by atoms with Gasteiger partial charge in [0.25, 0.3) is 0 Å². The second-order valence-electron chi connectivity index (χ2n) is 4.96. The molecule has 5 nitrogen and oxygen atoms in total. The molecule has 0 aliphatic rings. The lowest BCUT2D eigenvalue weighted by molar-refractivity contribution is -0.309. The molecule has 19 heavy (non-hydrogen) atoms. The number of amides is 2. The summed E-state index contributed by atoms with van der Waals surface area (Å²) >= 11 is 0. The summed E-state index contributed by atoms with van der Waals surface area (Å²) in [6.45, 7) is 7.25. The van der Waals surface area contributed by atoms with Crippen LogP contribution < -0.4 is 15.7 Å².